The van der Waals surface area contributed by atoms with Gasteiger partial charge in [-0.15, -0.1) is 0 Å². The van der Waals surface area contributed by atoms with Gasteiger partial charge in [-0.05, 0) is 58.8 Å². The monoisotopic (exact) mass is 268 g/mol. The lowest BCUT2D eigenvalue weighted by Gasteiger charge is -2.23. The molecule has 1 atom stereocenters. The number of likely N-dealkylation sites (tertiary alicyclic amines) is 1. The van der Waals surface area contributed by atoms with E-state index in [0.29, 0.717) is 6.04 Å². The molecule has 110 valence electrons. The second kappa shape index (κ2) is 7.22. The van der Waals surface area contributed by atoms with Crippen LogP contribution in [-0.2, 0) is 4.79 Å². The van der Waals surface area contributed by atoms with Gasteiger partial charge in [-0.3, -0.25) is 4.79 Å². The molecule has 2 rings (SSSR count). The van der Waals surface area contributed by atoms with Crippen molar-refractivity contribution in [2.24, 2.45) is 5.73 Å². The van der Waals surface area contributed by atoms with Gasteiger partial charge in [-0.2, -0.15) is 0 Å². The molecule has 0 aromatic heterocycles. The van der Waals surface area contributed by atoms with Crippen molar-refractivity contribution in [1.29, 1.82) is 0 Å². The van der Waals surface area contributed by atoms with Gasteiger partial charge in [0.05, 0.1) is 6.04 Å². The number of hydrogen-bond donors (Lipinski definition) is 2. The number of likely N-dealkylation sites (N-methyl/N-ethyl adjacent to an activating group) is 1. The summed E-state index contributed by atoms with van der Waals surface area (Å²) >= 11 is 0. The van der Waals surface area contributed by atoms with Crippen molar-refractivity contribution in [3.8, 4) is 0 Å². The van der Waals surface area contributed by atoms with Gasteiger partial charge in [-0.25, -0.2) is 0 Å². The molecule has 0 spiro atoms. The van der Waals surface area contributed by atoms with Gasteiger partial charge in [0.25, 0.3) is 0 Å². The molecule has 1 aliphatic heterocycles. The largest absolute Gasteiger partial charge is 0.368 e. The average molecular weight is 268 g/mol. The molecule has 1 amide bonds. The Morgan fingerprint density at radius 3 is 2.63 bits per heavy atom. The van der Waals surface area contributed by atoms with Crippen molar-refractivity contribution in [1.82, 2.24) is 15.1 Å². The lowest BCUT2D eigenvalue weighted by Crippen LogP contribution is -2.44. The van der Waals surface area contributed by atoms with E-state index in [-0.39, 0.29) is 11.9 Å². The summed E-state index contributed by atoms with van der Waals surface area (Å²) in [6.45, 7) is 5.66. The number of rotatable bonds is 9. The molecule has 19 heavy (non-hydrogen) atoms. The number of nitrogens with one attached hydrogen (secondary N) is 1. The predicted molar refractivity (Wildman–Crippen MR) is 76.9 cm³/mol. The first kappa shape index (κ1) is 14.8. The summed E-state index contributed by atoms with van der Waals surface area (Å²) in [6, 6.07) is 0.383. The van der Waals surface area contributed by atoms with Crippen molar-refractivity contribution >= 4 is 5.91 Å². The molecule has 1 saturated heterocycles. The Morgan fingerprint density at radius 2 is 2.05 bits per heavy atom. The quantitative estimate of drug-likeness (QED) is 0.618. The first-order valence-electron chi connectivity index (χ1n) is 7.61. The fourth-order valence-corrected chi connectivity index (χ4v) is 2.62. The Balaban J connectivity index is 1.59. The minimum atomic E-state index is -0.208. The first-order chi connectivity index (χ1) is 9.15. The van der Waals surface area contributed by atoms with E-state index >= 15 is 0 Å². The maximum absolute atomic E-state index is 11.4. The van der Waals surface area contributed by atoms with Crippen LogP contribution < -0.4 is 11.1 Å². The molecule has 1 aliphatic carbocycles. The van der Waals surface area contributed by atoms with E-state index in [1.807, 2.05) is 0 Å². The topological polar surface area (TPSA) is 61.6 Å². The maximum Gasteiger partial charge on any atom is 0.234 e. The second-order valence-electron chi connectivity index (χ2n) is 6.04. The molecule has 0 aromatic carbocycles. The molecule has 3 N–H and O–H groups in total. The smallest absolute Gasteiger partial charge is 0.234 e. The number of carbonyl (C=O) groups is 1. The van der Waals surface area contributed by atoms with Crippen LogP contribution in [0.25, 0.3) is 0 Å². The van der Waals surface area contributed by atoms with Gasteiger partial charge in [0, 0.05) is 19.1 Å². The van der Waals surface area contributed by atoms with Crippen LogP contribution in [0.3, 0.4) is 0 Å². The van der Waals surface area contributed by atoms with Crippen LogP contribution in [0, 0.1) is 0 Å². The van der Waals surface area contributed by atoms with Crippen molar-refractivity contribution in [3.05, 3.63) is 0 Å². The molecular weight excluding hydrogens is 240 g/mol. The van der Waals surface area contributed by atoms with Gasteiger partial charge >= 0.3 is 0 Å². The predicted octanol–water partition coefficient (Wildman–Crippen LogP) is 0.0100. The standard InChI is InChI=1S/C14H28N4O/c1-17(10-11-18-7-2-3-8-18)9-6-13(14(15)19)16-12-4-5-12/h12-13,16H,2-11H2,1H3,(H2,15,19). The van der Waals surface area contributed by atoms with Crippen LogP contribution >= 0.6 is 0 Å². The summed E-state index contributed by atoms with van der Waals surface area (Å²) < 4.78 is 0. The highest BCUT2D eigenvalue weighted by Gasteiger charge is 2.27. The van der Waals surface area contributed by atoms with Crippen molar-refractivity contribution in [3.63, 3.8) is 0 Å². The lowest BCUT2D eigenvalue weighted by molar-refractivity contribution is -0.120. The van der Waals surface area contributed by atoms with Crippen LogP contribution in [0.2, 0.25) is 0 Å². The van der Waals surface area contributed by atoms with Crippen LogP contribution in [0.5, 0.6) is 0 Å². The van der Waals surface area contributed by atoms with Gasteiger partial charge in [0.1, 0.15) is 0 Å². The minimum Gasteiger partial charge on any atom is -0.368 e. The number of amides is 1. The van der Waals surface area contributed by atoms with Gasteiger partial charge in [0.2, 0.25) is 5.91 Å². The zero-order valence-corrected chi connectivity index (χ0v) is 12.1. The summed E-state index contributed by atoms with van der Waals surface area (Å²) in [6.07, 6.45) is 5.89. The second-order valence-corrected chi connectivity index (χ2v) is 6.04. The normalized spacial score (nSPS) is 22.0. The molecule has 0 aromatic rings. The van der Waals surface area contributed by atoms with Gasteiger partial charge in [0.15, 0.2) is 0 Å². The van der Waals surface area contributed by atoms with Gasteiger partial charge < -0.3 is 20.9 Å². The van der Waals surface area contributed by atoms with E-state index in [2.05, 4.69) is 22.2 Å². The molecular formula is C14H28N4O. The molecule has 0 radical (unpaired) electrons. The minimum absolute atomic E-state index is 0.151. The Bertz CT molecular complexity index is 287. The Hall–Kier alpha value is -0.650. The summed E-state index contributed by atoms with van der Waals surface area (Å²) in [5.41, 5.74) is 5.44. The molecule has 1 unspecified atom stereocenters. The van der Waals surface area contributed by atoms with Crippen molar-refractivity contribution < 1.29 is 4.79 Å². The van der Waals surface area contributed by atoms with Gasteiger partial charge in [-0.1, -0.05) is 0 Å². The fourth-order valence-electron chi connectivity index (χ4n) is 2.62. The number of carbonyl (C=O) groups excluding carboxylic acids is 1. The van der Waals surface area contributed by atoms with E-state index in [0.717, 1.165) is 26.1 Å². The van der Waals surface area contributed by atoms with E-state index in [9.17, 15) is 4.79 Å². The van der Waals surface area contributed by atoms with E-state index < -0.39 is 0 Å². The zero-order valence-electron chi connectivity index (χ0n) is 12.1. The van der Waals surface area contributed by atoms with Crippen LogP contribution in [0.4, 0.5) is 0 Å². The number of nitrogens with zero attached hydrogens (tertiary/aromatic N) is 2. The molecule has 1 saturated carbocycles. The molecule has 1 heterocycles. The van der Waals surface area contributed by atoms with Crippen LogP contribution in [0.1, 0.15) is 32.1 Å². The summed E-state index contributed by atoms with van der Waals surface area (Å²) in [5, 5.41) is 3.33. The third-order valence-electron chi connectivity index (χ3n) is 4.15. The Kier molecular flexibility index (Phi) is 5.60. The van der Waals surface area contributed by atoms with Crippen molar-refractivity contribution in [2.45, 2.75) is 44.2 Å². The average Bonchev–Trinajstić information content (AvgIpc) is 3.04. The SMILES string of the molecule is CN(CCC(NC1CC1)C(N)=O)CCN1CCCC1. The number of nitrogens with two attached hydrogens (primary N) is 1. The first-order valence-corrected chi connectivity index (χ1v) is 7.61. The Morgan fingerprint density at radius 1 is 1.37 bits per heavy atom. The lowest BCUT2D eigenvalue weighted by atomic mass is 10.2. The van der Waals surface area contributed by atoms with Crippen LogP contribution in [0.15, 0.2) is 0 Å². The van der Waals surface area contributed by atoms with Crippen LogP contribution in [-0.4, -0.2) is 67.6 Å². The van der Waals surface area contributed by atoms with E-state index in [1.165, 1.54) is 38.8 Å². The molecule has 2 fully saturated rings. The number of primary amides is 1. The van der Waals surface area contributed by atoms with Crippen molar-refractivity contribution in [2.75, 3.05) is 39.8 Å². The third kappa shape index (κ3) is 5.47. The fraction of sp³-hybridized carbons (Fsp3) is 0.929. The Labute approximate surface area is 116 Å². The maximum atomic E-state index is 11.4. The summed E-state index contributed by atoms with van der Waals surface area (Å²) in [5.74, 6) is -0.208. The van der Waals surface area contributed by atoms with E-state index in [1.54, 1.807) is 0 Å². The molecule has 2 aliphatic rings. The highest BCUT2D eigenvalue weighted by Crippen LogP contribution is 2.19. The molecule has 5 nitrogen and oxygen atoms in total. The number of hydrogen-bond acceptors (Lipinski definition) is 4. The summed E-state index contributed by atoms with van der Waals surface area (Å²) in [7, 11) is 2.13. The molecule has 5 heteroatoms. The highest BCUT2D eigenvalue weighted by molar-refractivity contribution is 5.79. The summed E-state index contributed by atoms with van der Waals surface area (Å²) in [4.78, 5) is 16.2. The zero-order chi connectivity index (χ0) is 13.7. The molecule has 0 bridgehead atoms. The third-order valence-corrected chi connectivity index (χ3v) is 4.15. The highest BCUT2D eigenvalue weighted by atomic mass is 16.1. The van der Waals surface area contributed by atoms with E-state index in [4.69, 9.17) is 5.73 Å².